The average molecular weight is 289 g/mol. The molecular weight excluding hydrogens is 262 g/mol. The first-order valence-electron chi connectivity index (χ1n) is 8.35. The van der Waals surface area contributed by atoms with Gasteiger partial charge in [-0.15, -0.1) is 0 Å². The van der Waals surface area contributed by atoms with Crippen molar-refractivity contribution in [3.8, 4) is 5.75 Å². The standard InChI is InChI=1S/C18H27NO2/c1-19-17-7-5-6-14-12-15(8-9-16(14)17)21-13-18(20)10-3-2-4-11-18/h8-9,12,17,19-20H,2-7,10-11,13H2,1H3. The van der Waals surface area contributed by atoms with Crippen LogP contribution in [0.3, 0.4) is 0 Å². The summed E-state index contributed by atoms with van der Waals surface area (Å²) in [5, 5.41) is 13.9. The monoisotopic (exact) mass is 289 g/mol. The van der Waals surface area contributed by atoms with Crippen LogP contribution in [0.4, 0.5) is 0 Å². The van der Waals surface area contributed by atoms with Gasteiger partial charge in [-0.25, -0.2) is 0 Å². The van der Waals surface area contributed by atoms with E-state index in [2.05, 4.69) is 23.5 Å². The molecule has 2 aliphatic rings. The fourth-order valence-electron chi connectivity index (χ4n) is 3.75. The van der Waals surface area contributed by atoms with Crippen LogP contribution in [-0.2, 0) is 6.42 Å². The smallest absolute Gasteiger partial charge is 0.119 e. The molecule has 1 saturated carbocycles. The van der Waals surface area contributed by atoms with Gasteiger partial charge in [-0.2, -0.15) is 0 Å². The largest absolute Gasteiger partial charge is 0.491 e. The van der Waals surface area contributed by atoms with Crippen LogP contribution in [-0.4, -0.2) is 24.4 Å². The third kappa shape index (κ3) is 3.41. The predicted octanol–water partition coefficient (Wildman–Crippen LogP) is 3.36. The van der Waals surface area contributed by atoms with Crippen molar-refractivity contribution in [2.75, 3.05) is 13.7 Å². The highest BCUT2D eigenvalue weighted by atomic mass is 16.5. The number of rotatable bonds is 4. The fourth-order valence-corrected chi connectivity index (χ4v) is 3.75. The maximum Gasteiger partial charge on any atom is 0.119 e. The Bertz CT molecular complexity index is 480. The van der Waals surface area contributed by atoms with Gasteiger partial charge in [0.25, 0.3) is 0 Å². The lowest BCUT2D eigenvalue weighted by molar-refractivity contribution is -0.0339. The molecule has 0 bridgehead atoms. The van der Waals surface area contributed by atoms with E-state index < -0.39 is 5.60 Å². The van der Waals surface area contributed by atoms with Crippen molar-refractivity contribution in [2.24, 2.45) is 0 Å². The van der Waals surface area contributed by atoms with Crippen molar-refractivity contribution in [1.29, 1.82) is 0 Å². The van der Waals surface area contributed by atoms with E-state index in [-0.39, 0.29) is 0 Å². The highest BCUT2D eigenvalue weighted by Gasteiger charge is 2.30. The Morgan fingerprint density at radius 2 is 2.05 bits per heavy atom. The van der Waals surface area contributed by atoms with Crippen LogP contribution in [0.2, 0.25) is 0 Å². The second kappa shape index (κ2) is 6.37. The van der Waals surface area contributed by atoms with E-state index in [0.29, 0.717) is 12.6 Å². The summed E-state index contributed by atoms with van der Waals surface area (Å²) in [5.41, 5.74) is 2.20. The number of nitrogens with one attached hydrogen (secondary N) is 1. The second-order valence-corrected chi connectivity index (χ2v) is 6.67. The van der Waals surface area contributed by atoms with Crippen LogP contribution in [0.1, 0.15) is 62.1 Å². The second-order valence-electron chi connectivity index (χ2n) is 6.67. The van der Waals surface area contributed by atoms with E-state index in [0.717, 1.165) is 37.9 Å². The van der Waals surface area contributed by atoms with Gasteiger partial charge in [0, 0.05) is 6.04 Å². The van der Waals surface area contributed by atoms with Gasteiger partial charge in [-0.3, -0.25) is 0 Å². The molecule has 2 aliphatic carbocycles. The van der Waals surface area contributed by atoms with Gasteiger partial charge in [-0.1, -0.05) is 25.3 Å². The molecule has 1 aromatic carbocycles. The summed E-state index contributed by atoms with van der Waals surface area (Å²) in [5.74, 6) is 0.907. The summed E-state index contributed by atoms with van der Waals surface area (Å²) in [4.78, 5) is 0. The molecule has 0 aliphatic heterocycles. The topological polar surface area (TPSA) is 41.5 Å². The normalized spacial score (nSPS) is 24.4. The maximum atomic E-state index is 10.5. The zero-order valence-corrected chi connectivity index (χ0v) is 13.0. The van der Waals surface area contributed by atoms with E-state index in [9.17, 15) is 5.11 Å². The molecule has 1 fully saturated rings. The molecule has 3 rings (SSSR count). The van der Waals surface area contributed by atoms with Crippen molar-refractivity contribution in [1.82, 2.24) is 5.32 Å². The molecule has 1 aromatic rings. The first-order valence-corrected chi connectivity index (χ1v) is 8.35. The Hall–Kier alpha value is -1.06. The van der Waals surface area contributed by atoms with Gasteiger partial charge >= 0.3 is 0 Å². The molecule has 3 nitrogen and oxygen atoms in total. The number of aliphatic hydroxyl groups is 1. The molecule has 0 heterocycles. The molecule has 2 N–H and O–H groups in total. The van der Waals surface area contributed by atoms with Gasteiger partial charge < -0.3 is 15.2 Å². The van der Waals surface area contributed by atoms with Crippen LogP contribution in [0, 0.1) is 0 Å². The third-order valence-electron chi connectivity index (χ3n) is 5.07. The summed E-state index contributed by atoms with van der Waals surface area (Å²) in [7, 11) is 2.03. The van der Waals surface area contributed by atoms with Crippen LogP contribution < -0.4 is 10.1 Å². The highest BCUT2D eigenvalue weighted by molar-refractivity contribution is 5.39. The van der Waals surface area contributed by atoms with Gasteiger partial charge in [0.1, 0.15) is 12.4 Å². The minimum Gasteiger partial charge on any atom is -0.491 e. The number of ether oxygens (including phenoxy) is 1. The van der Waals surface area contributed by atoms with Crippen molar-refractivity contribution >= 4 is 0 Å². The summed E-state index contributed by atoms with van der Waals surface area (Å²) in [6.45, 7) is 0.432. The molecule has 0 aromatic heterocycles. The van der Waals surface area contributed by atoms with E-state index in [1.807, 2.05) is 7.05 Å². The summed E-state index contributed by atoms with van der Waals surface area (Å²) < 4.78 is 5.91. The van der Waals surface area contributed by atoms with Crippen molar-refractivity contribution in [2.45, 2.75) is 63.0 Å². The molecule has 0 saturated heterocycles. The van der Waals surface area contributed by atoms with Gasteiger partial charge in [0.05, 0.1) is 5.60 Å². The Balaban J connectivity index is 1.66. The molecule has 0 amide bonds. The van der Waals surface area contributed by atoms with Crippen LogP contribution in [0.5, 0.6) is 5.75 Å². The number of benzene rings is 1. The highest BCUT2D eigenvalue weighted by Crippen LogP contribution is 2.33. The zero-order chi connectivity index (χ0) is 14.7. The Labute approximate surface area is 127 Å². The van der Waals surface area contributed by atoms with E-state index >= 15 is 0 Å². The number of aryl methyl sites for hydroxylation is 1. The Morgan fingerprint density at radius 3 is 2.81 bits per heavy atom. The van der Waals surface area contributed by atoms with Crippen molar-refractivity contribution in [3.05, 3.63) is 29.3 Å². The SMILES string of the molecule is CNC1CCCc2cc(OCC3(O)CCCCC3)ccc21. The van der Waals surface area contributed by atoms with Crippen LogP contribution >= 0.6 is 0 Å². The number of hydrogen-bond acceptors (Lipinski definition) is 3. The summed E-state index contributed by atoms with van der Waals surface area (Å²) in [6, 6.07) is 6.90. The molecule has 0 radical (unpaired) electrons. The minimum absolute atomic E-state index is 0.432. The van der Waals surface area contributed by atoms with Crippen LogP contribution in [0.15, 0.2) is 18.2 Å². The van der Waals surface area contributed by atoms with Crippen molar-refractivity contribution < 1.29 is 9.84 Å². The lowest BCUT2D eigenvalue weighted by Gasteiger charge is -2.32. The molecule has 116 valence electrons. The molecule has 0 spiro atoms. The van der Waals surface area contributed by atoms with Crippen LogP contribution in [0.25, 0.3) is 0 Å². The van der Waals surface area contributed by atoms with E-state index in [1.54, 1.807) is 0 Å². The predicted molar refractivity (Wildman–Crippen MR) is 84.7 cm³/mol. The zero-order valence-electron chi connectivity index (χ0n) is 13.0. The first-order chi connectivity index (χ1) is 10.2. The lowest BCUT2D eigenvalue weighted by Crippen LogP contribution is -2.37. The average Bonchev–Trinajstić information content (AvgIpc) is 2.53. The molecular formula is C18H27NO2. The van der Waals surface area contributed by atoms with Crippen molar-refractivity contribution in [3.63, 3.8) is 0 Å². The Kier molecular flexibility index (Phi) is 4.51. The fraction of sp³-hybridized carbons (Fsp3) is 0.667. The molecule has 1 atom stereocenters. The number of fused-ring (bicyclic) bond motifs is 1. The first kappa shape index (κ1) is 14.9. The van der Waals surface area contributed by atoms with E-state index in [1.165, 1.54) is 30.4 Å². The summed E-state index contributed by atoms with van der Waals surface area (Å²) in [6.07, 6.45) is 8.80. The van der Waals surface area contributed by atoms with Gasteiger partial charge in [0.15, 0.2) is 0 Å². The maximum absolute atomic E-state index is 10.5. The third-order valence-corrected chi connectivity index (χ3v) is 5.07. The lowest BCUT2D eigenvalue weighted by atomic mass is 9.85. The number of hydrogen-bond donors (Lipinski definition) is 2. The molecule has 1 unspecified atom stereocenters. The minimum atomic E-state index is -0.609. The van der Waals surface area contributed by atoms with Gasteiger partial charge in [0.2, 0.25) is 0 Å². The molecule has 3 heteroatoms. The quantitative estimate of drug-likeness (QED) is 0.893. The summed E-state index contributed by atoms with van der Waals surface area (Å²) >= 11 is 0. The van der Waals surface area contributed by atoms with Gasteiger partial charge in [-0.05, 0) is 62.4 Å². The Morgan fingerprint density at radius 1 is 1.24 bits per heavy atom. The van der Waals surface area contributed by atoms with E-state index in [4.69, 9.17) is 4.74 Å². The molecule has 21 heavy (non-hydrogen) atoms.